The molecule has 2 aromatic heterocycles. The van der Waals surface area contributed by atoms with Crippen molar-refractivity contribution in [3.05, 3.63) is 41.9 Å². The van der Waals surface area contributed by atoms with Crippen molar-refractivity contribution in [2.75, 3.05) is 5.75 Å². The second-order valence-electron chi connectivity index (χ2n) is 5.17. The molecule has 0 bridgehead atoms. The number of aromatic nitrogens is 3. The lowest BCUT2D eigenvalue weighted by Crippen LogP contribution is -2.04. The van der Waals surface area contributed by atoms with Gasteiger partial charge in [0.25, 0.3) is 0 Å². The summed E-state index contributed by atoms with van der Waals surface area (Å²) in [6.45, 7) is 1.84. The summed E-state index contributed by atoms with van der Waals surface area (Å²) in [4.78, 5) is 12.2. The van der Waals surface area contributed by atoms with Gasteiger partial charge < -0.3 is 19.2 Å². The number of thioether (sulfide) groups is 1. The maximum Gasteiger partial charge on any atom is 0.191 e. The first-order valence-corrected chi connectivity index (χ1v) is 8.07. The molecule has 3 rings (SSSR count). The van der Waals surface area contributed by atoms with E-state index in [1.165, 1.54) is 23.9 Å². The van der Waals surface area contributed by atoms with Crippen LogP contribution >= 0.6 is 11.8 Å². The van der Waals surface area contributed by atoms with Gasteiger partial charge in [-0.1, -0.05) is 11.8 Å². The minimum atomic E-state index is -0.262. The van der Waals surface area contributed by atoms with Crippen LogP contribution in [0.2, 0.25) is 0 Å². The number of carbonyl (C=O) groups excluding carboxylic acids is 1. The van der Waals surface area contributed by atoms with Gasteiger partial charge in [0.15, 0.2) is 16.8 Å². The van der Waals surface area contributed by atoms with Crippen LogP contribution in [0.25, 0.3) is 11.4 Å². The topological polar surface area (TPSA) is 101 Å². The number of aryl methyl sites for hydroxylation is 1. The van der Waals surface area contributed by atoms with E-state index >= 15 is 0 Å². The summed E-state index contributed by atoms with van der Waals surface area (Å²) in [6, 6.07) is 5.71. The van der Waals surface area contributed by atoms with E-state index in [1.807, 2.05) is 20.0 Å². The van der Waals surface area contributed by atoms with Crippen molar-refractivity contribution in [1.82, 2.24) is 14.8 Å². The van der Waals surface area contributed by atoms with Crippen LogP contribution in [0.5, 0.6) is 11.5 Å². The maximum atomic E-state index is 12.2. The molecular formula is C16H15N3O4S. The molecule has 3 aromatic rings. The zero-order chi connectivity index (χ0) is 17.3. The molecule has 0 amide bonds. The molecule has 8 heteroatoms. The fourth-order valence-corrected chi connectivity index (χ4v) is 3.05. The van der Waals surface area contributed by atoms with E-state index in [-0.39, 0.29) is 28.6 Å². The van der Waals surface area contributed by atoms with E-state index in [0.717, 1.165) is 17.4 Å². The standard InChI is InChI=1S/C16H15N3O4S/c1-9-11(5-6-23-9)15-17-18-16(19(15)2)24-8-14(22)12-4-3-10(20)7-13(12)21/h3-7,20-21H,8H2,1-2H3. The van der Waals surface area contributed by atoms with Crippen molar-refractivity contribution in [3.63, 3.8) is 0 Å². The Bertz CT molecular complexity index is 901. The summed E-state index contributed by atoms with van der Waals surface area (Å²) in [5.74, 6) is 0.894. The molecule has 24 heavy (non-hydrogen) atoms. The van der Waals surface area contributed by atoms with Crippen molar-refractivity contribution in [2.24, 2.45) is 7.05 Å². The van der Waals surface area contributed by atoms with E-state index in [4.69, 9.17) is 4.42 Å². The molecular weight excluding hydrogens is 330 g/mol. The number of phenolic OH excluding ortho intramolecular Hbond substituents is 2. The zero-order valence-corrected chi connectivity index (χ0v) is 13.9. The van der Waals surface area contributed by atoms with Crippen molar-refractivity contribution < 1.29 is 19.4 Å². The third-order valence-electron chi connectivity index (χ3n) is 3.55. The molecule has 0 spiro atoms. The molecule has 2 N–H and O–H groups in total. The number of phenols is 2. The van der Waals surface area contributed by atoms with Gasteiger partial charge >= 0.3 is 0 Å². The number of aromatic hydroxyl groups is 2. The first kappa shape index (κ1) is 16.1. The molecule has 0 aliphatic carbocycles. The Morgan fingerprint density at radius 2 is 2.08 bits per heavy atom. The lowest BCUT2D eigenvalue weighted by atomic mass is 10.1. The van der Waals surface area contributed by atoms with Crippen LogP contribution in [0.1, 0.15) is 16.1 Å². The van der Waals surface area contributed by atoms with Crippen molar-refractivity contribution in [2.45, 2.75) is 12.1 Å². The van der Waals surface area contributed by atoms with Gasteiger partial charge in [0.1, 0.15) is 17.3 Å². The number of carbonyl (C=O) groups is 1. The molecule has 0 aliphatic heterocycles. The van der Waals surface area contributed by atoms with Crippen LogP contribution in [0.15, 0.2) is 40.1 Å². The third-order valence-corrected chi connectivity index (χ3v) is 4.57. The van der Waals surface area contributed by atoms with Gasteiger partial charge in [0.05, 0.1) is 23.1 Å². The van der Waals surface area contributed by atoms with Gasteiger partial charge in [-0.15, -0.1) is 10.2 Å². The Kier molecular flexibility index (Phi) is 4.30. The lowest BCUT2D eigenvalue weighted by molar-refractivity contribution is 0.102. The van der Waals surface area contributed by atoms with Gasteiger partial charge in [-0.2, -0.15) is 0 Å². The molecule has 2 heterocycles. The highest BCUT2D eigenvalue weighted by Crippen LogP contribution is 2.28. The van der Waals surface area contributed by atoms with Gasteiger partial charge in [0.2, 0.25) is 0 Å². The molecule has 7 nitrogen and oxygen atoms in total. The van der Waals surface area contributed by atoms with Crippen LogP contribution in [0.4, 0.5) is 0 Å². The molecule has 0 unspecified atom stereocenters. The predicted octanol–water partition coefficient (Wildman–Crippen LogP) is 2.77. The Hall–Kier alpha value is -2.74. The quantitative estimate of drug-likeness (QED) is 0.541. The zero-order valence-electron chi connectivity index (χ0n) is 13.1. The fourth-order valence-electron chi connectivity index (χ4n) is 2.26. The summed E-state index contributed by atoms with van der Waals surface area (Å²) in [7, 11) is 1.81. The van der Waals surface area contributed by atoms with Crippen LogP contribution in [0.3, 0.4) is 0 Å². The highest BCUT2D eigenvalue weighted by atomic mass is 32.2. The van der Waals surface area contributed by atoms with E-state index < -0.39 is 0 Å². The van der Waals surface area contributed by atoms with Gasteiger partial charge in [0, 0.05) is 13.1 Å². The predicted molar refractivity (Wildman–Crippen MR) is 88.3 cm³/mol. The second kappa shape index (κ2) is 6.40. The normalized spacial score (nSPS) is 10.9. The van der Waals surface area contributed by atoms with Crippen LogP contribution in [0, 0.1) is 6.92 Å². The number of furan rings is 1. The van der Waals surface area contributed by atoms with Crippen LogP contribution in [-0.4, -0.2) is 36.5 Å². The number of benzene rings is 1. The van der Waals surface area contributed by atoms with E-state index in [9.17, 15) is 15.0 Å². The maximum absolute atomic E-state index is 12.2. The van der Waals surface area contributed by atoms with Crippen molar-refractivity contribution in [1.29, 1.82) is 0 Å². The number of rotatable bonds is 5. The smallest absolute Gasteiger partial charge is 0.191 e. The first-order chi connectivity index (χ1) is 11.5. The summed E-state index contributed by atoms with van der Waals surface area (Å²) in [5, 5.41) is 27.8. The Labute approximate surface area is 141 Å². The molecule has 0 atom stereocenters. The SMILES string of the molecule is Cc1occc1-c1nnc(SCC(=O)c2ccc(O)cc2O)n1C. The average molecular weight is 345 g/mol. The largest absolute Gasteiger partial charge is 0.508 e. The van der Waals surface area contributed by atoms with Crippen LogP contribution in [-0.2, 0) is 7.05 Å². The third kappa shape index (κ3) is 3.00. The molecule has 0 saturated heterocycles. The number of nitrogens with zero attached hydrogens (tertiary/aromatic N) is 3. The van der Waals surface area contributed by atoms with Crippen molar-refractivity contribution >= 4 is 17.5 Å². The van der Waals surface area contributed by atoms with Gasteiger partial charge in [-0.25, -0.2) is 0 Å². The van der Waals surface area contributed by atoms with E-state index in [2.05, 4.69) is 10.2 Å². The minimum absolute atomic E-state index is 0.0919. The van der Waals surface area contributed by atoms with Gasteiger partial charge in [-0.3, -0.25) is 4.79 Å². The monoisotopic (exact) mass is 345 g/mol. The molecule has 1 aromatic carbocycles. The lowest BCUT2D eigenvalue weighted by Gasteiger charge is -2.05. The van der Waals surface area contributed by atoms with Crippen LogP contribution < -0.4 is 0 Å². The average Bonchev–Trinajstić information content (AvgIpc) is 3.10. The molecule has 0 aliphatic rings. The molecule has 0 saturated carbocycles. The molecule has 124 valence electrons. The van der Waals surface area contributed by atoms with E-state index in [0.29, 0.717) is 11.0 Å². The Morgan fingerprint density at radius 3 is 2.75 bits per heavy atom. The highest BCUT2D eigenvalue weighted by molar-refractivity contribution is 7.99. The highest BCUT2D eigenvalue weighted by Gasteiger charge is 2.17. The Morgan fingerprint density at radius 1 is 1.29 bits per heavy atom. The summed E-state index contributed by atoms with van der Waals surface area (Å²) >= 11 is 1.22. The van der Waals surface area contributed by atoms with E-state index in [1.54, 1.807) is 10.8 Å². The molecule has 0 radical (unpaired) electrons. The number of hydrogen-bond acceptors (Lipinski definition) is 7. The van der Waals surface area contributed by atoms with Crippen molar-refractivity contribution in [3.8, 4) is 22.9 Å². The summed E-state index contributed by atoms with van der Waals surface area (Å²) in [5.41, 5.74) is 1.01. The second-order valence-corrected chi connectivity index (χ2v) is 6.11. The number of ketones is 1. The number of hydrogen-bond donors (Lipinski definition) is 2. The molecule has 0 fully saturated rings. The minimum Gasteiger partial charge on any atom is -0.508 e. The van der Waals surface area contributed by atoms with Gasteiger partial charge in [-0.05, 0) is 25.1 Å². The summed E-state index contributed by atoms with van der Waals surface area (Å²) in [6.07, 6.45) is 1.59. The number of Topliss-reactive ketones (excluding diaryl/α,β-unsaturated/α-hetero) is 1. The fraction of sp³-hybridized carbons (Fsp3) is 0.188. The first-order valence-electron chi connectivity index (χ1n) is 7.09. The summed E-state index contributed by atoms with van der Waals surface area (Å²) < 4.78 is 7.06. The Balaban J connectivity index is 1.75.